The Morgan fingerprint density at radius 1 is 1.57 bits per heavy atom. The van der Waals surface area contributed by atoms with Crippen LogP contribution in [0.4, 0.5) is 0 Å². The number of ketones is 1. The zero-order chi connectivity index (χ0) is 11.4. The van der Waals surface area contributed by atoms with Gasteiger partial charge in [-0.25, -0.2) is 0 Å². The van der Waals surface area contributed by atoms with Crippen molar-refractivity contribution in [3.05, 3.63) is 0 Å². The molecule has 4 heteroatoms. The molecule has 14 heavy (non-hydrogen) atoms. The van der Waals surface area contributed by atoms with Gasteiger partial charge in [-0.1, -0.05) is 6.92 Å². The minimum absolute atomic E-state index is 0.00843. The highest BCUT2D eigenvalue weighted by Crippen LogP contribution is 2.38. The van der Waals surface area contributed by atoms with Crippen LogP contribution in [0, 0.1) is 11.3 Å². The SMILES string of the molecule is CO.COC(=O)C1(C)CCC(C)C1=O. The fraction of sp³-hybridized carbons (Fsp3) is 0.800. The van der Waals surface area contributed by atoms with Gasteiger partial charge in [-0.2, -0.15) is 0 Å². The molecule has 0 heterocycles. The van der Waals surface area contributed by atoms with Gasteiger partial charge in [0.15, 0.2) is 5.78 Å². The number of hydrogen-bond acceptors (Lipinski definition) is 4. The quantitative estimate of drug-likeness (QED) is 0.504. The number of carbonyl (C=O) groups excluding carboxylic acids is 2. The van der Waals surface area contributed by atoms with Gasteiger partial charge >= 0.3 is 5.97 Å². The molecule has 1 N–H and O–H groups in total. The maximum atomic E-state index is 11.5. The maximum absolute atomic E-state index is 11.5. The molecule has 2 atom stereocenters. The molecule has 0 aromatic rings. The largest absolute Gasteiger partial charge is 0.468 e. The van der Waals surface area contributed by atoms with E-state index in [-0.39, 0.29) is 11.7 Å². The van der Waals surface area contributed by atoms with Gasteiger partial charge in [-0.15, -0.1) is 0 Å². The number of aliphatic hydroxyl groups excluding tert-OH is 1. The molecule has 4 nitrogen and oxygen atoms in total. The lowest BCUT2D eigenvalue weighted by molar-refractivity contribution is -0.155. The fourth-order valence-corrected chi connectivity index (χ4v) is 1.73. The van der Waals surface area contributed by atoms with E-state index in [4.69, 9.17) is 5.11 Å². The second-order valence-electron chi connectivity index (χ2n) is 3.63. The molecule has 1 fully saturated rings. The number of carbonyl (C=O) groups is 2. The van der Waals surface area contributed by atoms with Crippen LogP contribution in [-0.2, 0) is 14.3 Å². The monoisotopic (exact) mass is 202 g/mol. The topological polar surface area (TPSA) is 63.6 Å². The smallest absolute Gasteiger partial charge is 0.319 e. The average Bonchev–Trinajstić information content (AvgIpc) is 2.49. The van der Waals surface area contributed by atoms with Crippen LogP contribution >= 0.6 is 0 Å². The summed E-state index contributed by atoms with van der Waals surface area (Å²) in [6.07, 6.45) is 1.42. The number of esters is 1. The molecule has 1 aliphatic rings. The van der Waals surface area contributed by atoms with E-state index in [1.807, 2.05) is 6.92 Å². The molecule has 0 aliphatic heterocycles. The van der Waals surface area contributed by atoms with Crippen molar-refractivity contribution in [3.63, 3.8) is 0 Å². The molecule has 1 aliphatic carbocycles. The fourth-order valence-electron chi connectivity index (χ4n) is 1.73. The van der Waals surface area contributed by atoms with Gasteiger partial charge in [-0.05, 0) is 19.8 Å². The highest BCUT2D eigenvalue weighted by molar-refractivity contribution is 6.05. The molecule has 2 unspecified atom stereocenters. The Balaban J connectivity index is 0.000000791. The Bertz CT molecular complexity index is 224. The third kappa shape index (κ3) is 2.12. The van der Waals surface area contributed by atoms with Crippen LogP contribution < -0.4 is 0 Å². The van der Waals surface area contributed by atoms with E-state index in [0.29, 0.717) is 6.42 Å². The molecule has 1 saturated carbocycles. The lowest BCUT2D eigenvalue weighted by atomic mass is 9.87. The molecule has 0 saturated heterocycles. The lowest BCUT2D eigenvalue weighted by Gasteiger charge is -2.18. The van der Waals surface area contributed by atoms with E-state index in [1.165, 1.54) is 7.11 Å². The first-order valence-corrected chi connectivity index (χ1v) is 4.60. The van der Waals surface area contributed by atoms with Crippen molar-refractivity contribution in [1.29, 1.82) is 0 Å². The Kier molecular flexibility index (Phi) is 4.77. The summed E-state index contributed by atoms with van der Waals surface area (Å²) in [5.74, 6) is -0.361. The first-order chi connectivity index (χ1) is 6.52. The van der Waals surface area contributed by atoms with Crippen LogP contribution in [0.1, 0.15) is 26.7 Å². The number of hydrogen-bond donors (Lipinski definition) is 1. The van der Waals surface area contributed by atoms with Crippen LogP contribution in [0.15, 0.2) is 0 Å². The van der Waals surface area contributed by atoms with E-state index >= 15 is 0 Å². The summed E-state index contributed by atoms with van der Waals surface area (Å²) in [6.45, 7) is 3.53. The summed E-state index contributed by atoms with van der Waals surface area (Å²) in [5, 5.41) is 7.00. The first kappa shape index (κ1) is 13.1. The molecule has 0 amide bonds. The number of Topliss-reactive ketones (excluding diaryl/α,β-unsaturated/α-hetero) is 1. The van der Waals surface area contributed by atoms with Gasteiger partial charge in [0.05, 0.1) is 7.11 Å². The molecule has 0 aromatic carbocycles. The molecule has 0 bridgehead atoms. The lowest BCUT2D eigenvalue weighted by Crippen LogP contribution is -2.34. The first-order valence-electron chi connectivity index (χ1n) is 4.60. The van der Waals surface area contributed by atoms with E-state index in [9.17, 15) is 9.59 Å². The second-order valence-corrected chi connectivity index (χ2v) is 3.63. The summed E-state index contributed by atoms with van der Waals surface area (Å²) in [4.78, 5) is 22.8. The second kappa shape index (κ2) is 5.10. The highest BCUT2D eigenvalue weighted by Gasteiger charge is 2.48. The van der Waals surface area contributed by atoms with Gasteiger partial charge in [0, 0.05) is 13.0 Å². The predicted octanol–water partition coefficient (Wildman–Crippen LogP) is 0.773. The molecule has 1 rings (SSSR count). The summed E-state index contributed by atoms with van der Waals surface area (Å²) < 4.78 is 4.60. The third-order valence-electron chi connectivity index (χ3n) is 2.70. The van der Waals surface area contributed by atoms with E-state index in [2.05, 4.69) is 4.74 Å². The summed E-state index contributed by atoms with van der Waals surface area (Å²) in [5.41, 5.74) is -0.867. The van der Waals surface area contributed by atoms with E-state index < -0.39 is 11.4 Å². The Morgan fingerprint density at radius 3 is 2.36 bits per heavy atom. The van der Waals surface area contributed by atoms with Crippen molar-refractivity contribution in [2.75, 3.05) is 14.2 Å². The van der Waals surface area contributed by atoms with Crippen molar-refractivity contribution in [2.45, 2.75) is 26.7 Å². The standard InChI is InChI=1S/C9H14O3.CH4O/c1-6-4-5-9(2,7(6)10)8(11)12-3;1-2/h6H,4-5H2,1-3H3;2H,1H3. The van der Waals surface area contributed by atoms with Gasteiger partial charge < -0.3 is 9.84 Å². The molecule has 0 radical (unpaired) electrons. The van der Waals surface area contributed by atoms with Crippen molar-refractivity contribution >= 4 is 11.8 Å². The van der Waals surface area contributed by atoms with Gasteiger partial charge in [0.25, 0.3) is 0 Å². The van der Waals surface area contributed by atoms with Crippen LogP contribution in [0.2, 0.25) is 0 Å². The molecular weight excluding hydrogens is 184 g/mol. The van der Waals surface area contributed by atoms with Crippen molar-refractivity contribution in [3.8, 4) is 0 Å². The number of ether oxygens (including phenoxy) is 1. The third-order valence-corrected chi connectivity index (χ3v) is 2.70. The van der Waals surface area contributed by atoms with Crippen LogP contribution in [0.25, 0.3) is 0 Å². The van der Waals surface area contributed by atoms with Gasteiger partial charge in [-0.3, -0.25) is 9.59 Å². The van der Waals surface area contributed by atoms with Crippen LogP contribution in [0.5, 0.6) is 0 Å². The van der Waals surface area contributed by atoms with Crippen molar-refractivity contribution < 1.29 is 19.4 Å². The predicted molar refractivity (Wildman–Crippen MR) is 51.7 cm³/mol. The normalized spacial score (nSPS) is 30.6. The van der Waals surface area contributed by atoms with Crippen LogP contribution in [0.3, 0.4) is 0 Å². The zero-order valence-corrected chi connectivity index (χ0v) is 9.16. The van der Waals surface area contributed by atoms with Crippen LogP contribution in [-0.4, -0.2) is 31.1 Å². The minimum Gasteiger partial charge on any atom is -0.468 e. The summed E-state index contributed by atoms with van der Waals surface area (Å²) in [6, 6.07) is 0. The number of aliphatic hydroxyl groups is 1. The average molecular weight is 202 g/mol. The Hall–Kier alpha value is -0.900. The van der Waals surface area contributed by atoms with Crippen molar-refractivity contribution in [2.24, 2.45) is 11.3 Å². The van der Waals surface area contributed by atoms with E-state index in [1.54, 1.807) is 6.92 Å². The maximum Gasteiger partial charge on any atom is 0.319 e. The molecule has 82 valence electrons. The zero-order valence-electron chi connectivity index (χ0n) is 9.16. The van der Waals surface area contributed by atoms with Crippen molar-refractivity contribution in [1.82, 2.24) is 0 Å². The van der Waals surface area contributed by atoms with Gasteiger partial charge in [0.2, 0.25) is 0 Å². The van der Waals surface area contributed by atoms with E-state index in [0.717, 1.165) is 13.5 Å². The molecule has 0 aromatic heterocycles. The summed E-state index contributed by atoms with van der Waals surface area (Å²) in [7, 11) is 2.32. The number of methoxy groups -OCH3 is 1. The highest BCUT2D eigenvalue weighted by atomic mass is 16.5. The minimum atomic E-state index is -0.867. The molecule has 0 spiro atoms. The Morgan fingerprint density at radius 2 is 2.07 bits per heavy atom. The summed E-state index contributed by atoms with van der Waals surface area (Å²) >= 11 is 0. The Labute approximate surface area is 84.3 Å². The van der Waals surface area contributed by atoms with Gasteiger partial charge in [0.1, 0.15) is 5.41 Å². The number of rotatable bonds is 1. The molecular formula is C10H18O4.